The molecule has 1 aromatic rings. The molecule has 1 unspecified atom stereocenters. The fourth-order valence-electron chi connectivity index (χ4n) is 1.28. The number of ether oxygens (including phenoxy) is 1. The third-order valence-electron chi connectivity index (χ3n) is 2.47. The predicted octanol–water partition coefficient (Wildman–Crippen LogP) is 3.34. The van der Waals surface area contributed by atoms with Crippen molar-refractivity contribution in [1.82, 2.24) is 5.32 Å². The number of benzene rings is 1. The van der Waals surface area contributed by atoms with Gasteiger partial charge in [0.1, 0.15) is 12.4 Å². The molecule has 0 aliphatic carbocycles. The minimum Gasteiger partial charge on any atom is -0.490 e. The fourth-order valence-corrected chi connectivity index (χ4v) is 1.60. The number of rotatable bonds is 6. The smallest absolute Gasteiger partial charge is 0.170 e. The molecule has 0 aliphatic heterocycles. The molecule has 2 N–H and O–H groups in total. The van der Waals surface area contributed by atoms with Crippen LogP contribution < -0.4 is 15.4 Å². The summed E-state index contributed by atoms with van der Waals surface area (Å²) in [4.78, 5) is 0. The third-order valence-corrected chi connectivity index (χ3v) is 2.69. The van der Waals surface area contributed by atoms with E-state index in [0.29, 0.717) is 17.8 Å². The minimum absolute atomic E-state index is 0.375. The van der Waals surface area contributed by atoms with Crippen LogP contribution in [0.1, 0.15) is 20.3 Å². The second-order valence-corrected chi connectivity index (χ2v) is 4.44. The Morgan fingerprint density at radius 2 is 2.11 bits per heavy atom. The zero-order valence-corrected chi connectivity index (χ0v) is 11.7. The fraction of sp³-hybridized carbons (Fsp3) is 0.357. The van der Waals surface area contributed by atoms with Crippen molar-refractivity contribution < 1.29 is 4.74 Å². The van der Waals surface area contributed by atoms with E-state index in [9.17, 15) is 0 Å². The summed E-state index contributed by atoms with van der Waals surface area (Å²) in [6.07, 6.45) is 2.76. The Morgan fingerprint density at radius 1 is 1.44 bits per heavy atom. The maximum Gasteiger partial charge on any atom is 0.170 e. The van der Waals surface area contributed by atoms with Gasteiger partial charge in [-0.1, -0.05) is 19.6 Å². The molecular weight excluding hydrogens is 244 g/mol. The molecule has 0 spiro atoms. The Balaban J connectivity index is 2.47. The molecule has 18 heavy (non-hydrogen) atoms. The Morgan fingerprint density at radius 3 is 2.67 bits per heavy atom. The molecule has 4 heteroatoms. The first-order valence-corrected chi connectivity index (χ1v) is 6.47. The third kappa shape index (κ3) is 5.19. The zero-order valence-electron chi connectivity index (χ0n) is 10.9. The van der Waals surface area contributed by atoms with E-state index in [-0.39, 0.29) is 0 Å². The summed E-state index contributed by atoms with van der Waals surface area (Å²) in [5, 5.41) is 6.98. The minimum atomic E-state index is 0.375. The number of nitrogens with one attached hydrogen (secondary N) is 2. The van der Waals surface area contributed by atoms with Crippen molar-refractivity contribution in [1.29, 1.82) is 0 Å². The van der Waals surface area contributed by atoms with E-state index in [4.69, 9.17) is 17.0 Å². The van der Waals surface area contributed by atoms with Gasteiger partial charge in [0.25, 0.3) is 0 Å². The largest absolute Gasteiger partial charge is 0.490 e. The molecule has 0 aliphatic rings. The lowest BCUT2D eigenvalue weighted by atomic mass is 10.3. The van der Waals surface area contributed by atoms with Crippen molar-refractivity contribution in [2.75, 3.05) is 11.9 Å². The van der Waals surface area contributed by atoms with Crippen molar-refractivity contribution in [3.63, 3.8) is 0 Å². The van der Waals surface area contributed by atoms with Gasteiger partial charge in [0, 0.05) is 11.7 Å². The van der Waals surface area contributed by atoms with Gasteiger partial charge in [-0.15, -0.1) is 0 Å². The zero-order chi connectivity index (χ0) is 13.4. The summed E-state index contributed by atoms with van der Waals surface area (Å²) in [7, 11) is 0. The van der Waals surface area contributed by atoms with Gasteiger partial charge in [-0.25, -0.2) is 0 Å². The van der Waals surface area contributed by atoms with E-state index >= 15 is 0 Å². The van der Waals surface area contributed by atoms with Crippen LogP contribution >= 0.6 is 12.2 Å². The van der Waals surface area contributed by atoms with Crippen LogP contribution in [0.25, 0.3) is 0 Å². The van der Waals surface area contributed by atoms with Crippen LogP contribution in [0.5, 0.6) is 5.75 Å². The molecular formula is C14H20N2OS. The van der Waals surface area contributed by atoms with Gasteiger partial charge >= 0.3 is 0 Å². The highest BCUT2D eigenvalue weighted by atomic mass is 32.1. The molecule has 1 rings (SSSR count). The lowest BCUT2D eigenvalue weighted by Crippen LogP contribution is -2.35. The van der Waals surface area contributed by atoms with Crippen LogP contribution in [0.3, 0.4) is 0 Å². The van der Waals surface area contributed by atoms with E-state index in [1.807, 2.05) is 24.3 Å². The van der Waals surface area contributed by atoms with Crippen molar-refractivity contribution in [2.24, 2.45) is 0 Å². The summed E-state index contributed by atoms with van der Waals surface area (Å²) in [5.74, 6) is 0.821. The SMILES string of the molecule is C=CCOc1ccc(NC(=S)NC(C)CC)cc1. The maximum absolute atomic E-state index is 5.40. The highest BCUT2D eigenvalue weighted by molar-refractivity contribution is 7.80. The standard InChI is InChI=1S/C14H20N2OS/c1-4-10-17-13-8-6-12(7-9-13)16-14(18)15-11(3)5-2/h4,6-9,11H,1,5,10H2,2-3H3,(H2,15,16,18). The molecule has 0 saturated heterocycles. The molecule has 1 atom stereocenters. The van der Waals surface area contributed by atoms with E-state index < -0.39 is 0 Å². The normalized spacial score (nSPS) is 11.4. The second kappa shape index (κ2) is 7.71. The number of hydrogen-bond donors (Lipinski definition) is 2. The molecule has 0 heterocycles. The highest BCUT2D eigenvalue weighted by Crippen LogP contribution is 2.15. The van der Waals surface area contributed by atoms with Gasteiger partial charge in [-0.3, -0.25) is 0 Å². The van der Waals surface area contributed by atoms with Gasteiger partial charge in [0.2, 0.25) is 0 Å². The molecule has 0 bridgehead atoms. The van der Waals surface area contributed by atoms with E-state index in [1.165, 1.54) is 0 Å². The van der Waals surface area contributed by atoms with Crippen molar-refractivity contribution in [3.8, 4) is 5.75 Å². The summed E-state index contributed by atoms with van der Waals surface area (Å²) >= 11 is 5.21. The molecule has 0 amide bonds. The number of thiocarbonyl (C=S) groups is 1. The lowest BCUT2D eigenvalue weighted by Gasteiger charge is -2.15. The van der Waals surface area contributed by atoms with Gasteiger partial charge in [-0.2, -0.15) is 0 Å². The second-order valence-electron chi connectivity index (χ2n) is 4.03. The lowest BCUT2D eigenvalue weighted by molar-refractivity contribution is 0.363. The first kappa shape index (κ1) is 14.5. The molecule has 0 fully saturated rings. The van der Waals surface area contributed by atoms with Gasteiger partial charge in [0.15, 0.2) is 5.11 Å². The summed E-state index contributed by atoms with van der Waals surface area (Å²) in [5.41, 5.74) is 0.946. The van der Waals surface area contributed by atoms with Crippen molar-refractivity contribution in [3.05, 3.63) is 36.9 Å². The average Bonchev–Trinajstić information content (AvgIpc) is 2.37. The summed E-state index contributed by atoms with van der Waals surface area (Å²) < 4.78 is 5.40. The highest BCUT2D eigenvalue weighted by Gasteiger charge is 2.02. The van der Waals surface area contributed by atoms with Gasteiger partial charge < -0.3 is 15.4 Å². The van der Waals surface area contributed by atoms with Crippen LogP contribution in [0.2, 0.25) is 0 Å². The number of hydrogen-bond acceptors (Lipinski definition) is 2. The Bertz CT molecular complexity index is 389. The monoisotopic (exact) mass is 264 g/mol. The van der Waals surface area contributed by atoms with E-state index in [0.717, 1.165) is 17.9 Å². The first-order chi connectivity index (χ1) is 8.65. The van der Waals surface area contributed by atoms with E-state index in [2.05, 4.69) is 31.1 Å². The quantitative estimate of drug-likeness (QED) is 0.610. The Hall–Kier alpha value is -1.55. The average molecular weight is 264 g/mol. The molecule has 0 aromatic heterocycles. The predicted molar refractivity (Wildman–Crippen MR) is 81.2 cm³/mol. The number of anilines is 1. The van der Waals surface area contributed by atoms with Crippen molar-refractivity contribution >= 4 is 23.0 Å². The van der Waals surface area contributed by atoms with Crippen LogP contribution in [0.15, 0.2) is 36.9 Å². The summed E-state index contributed by atoms with van der Waals surface area (Å²) in [6, 6.07) is 8.04. The first-order valence-electron chi connectivity index (χ1n) is 6.07. The van der Waals surface area contributed by atoms with E-state index in [1.54, 1.807) is 6.08 Å². The van der Waals surface area contributed by atoms with Gasteiger partial charge in [-0.05, 0) is 49.8 Å². The summed E-state index contributed by atoms with van der Waals surface area (Å²) in [6.45, 7) is 8.33. The van der Waals surface area contributed by atoms with Crippen molar-refractivity contribution in [2.45, 2.75) is 26.3 Å². The Labute approximate surface area is 114 Å². The van der Waals surface area contributed by atoms with Crippen LogP contribution in [-0.2, 0) is 0 Å². The topological polar surface area (TPSA) is 33.3 Å². The van der Waals surface area contributed by atoms with Crippen LogP contribution in [0.4, 0.5) is 5.69 Å². The molecule has 0 radical (unpaired) electrons. The maximum atomic E-state index is 5.40. The van der Waals surface area contributed by atoms with Gasteiger partial charge in [0.05, 0.1) is 0 Å². The Kier molecular flexibility index (Phi) is 6.22. The molecule has 0 saturated carbocycles. The van der Waals surface area contributed by atoms with Crippen LogP contribution in [-0.4, -0.2) is 17.8 Å². The molecule has 98 valence electrons. The molecule has 1 aromatic carbocycles. The molecule has 3 nitrogen and oxygen atoms in total. The van der Waals surface area contributed by atoms with Crippen LogP contribution in [0, 0.1) is 0 Å².